The first kappa shape index (κ1) is 16.3. The molecule has 1 aliphatic carbocycles. The third kappa shape index (κ3) is 3.66. The van der Waals surface area contributed by atoms with Crippen molar-refractivity contribution in [3.8, 4) is 12.3 Å². The molecule has 3 N–H and O–H groups in total. The Morgan fingerprint density at radius 1 is 1.42 bits per heavy atom. The highest BCUT2D eigenvalue weighted by molar-refractivity contribution is 9.10. The molecule has 2 amide bonds. The summed E-state index contributed by atoms with van der Waals surface area (Å²) in [4.78, 5) is 24.1. The van der Waals surface area contributed by atoms with Gasteiger partial charge in [-0.2, -0.15) is 5.10 Å². The normalized spacial score (nSPS) is 13.2. The highest BCUT2D eigenvalue weighted by Gasteiger charge is 2.30. The van der Waals surface area contributed by atoms with Crippen LogP contribution >= 0.6 is 15.9 Å². The molecule has 1 aromatic heterocycles. The molecule has 0 spiro atoms. The highest BCUT2D eigenvalue weighted by atomic mass is 79.9. The minimum atomic E-state index is -0.405. The molecule has 0 saturated heterocycles. The van der Waals surface area contributed by atoms with Gasteiger partial charge in [-0.3, -0.25) is 14.7 Å². The van der Waals surface area contributed by atoms with Crippen LogP contribution in [-0.2, 0) is 4.79 Å². The monoisotopic (exact) mass is 386 g/mol. The number of rotatable bonds is 5. The Hall–Kier alpha value is -2.59. The number of terminal acetylenes is 1. The van der Waals surface area contributed by atoms with Crippen LogP contribution in [0.25, 0.3) is 0 Å². The van der Waals surface area contributed by atoms with E-state index in [-0.39, 0.29) is 18.1 Å². The van der Waals surface area contributed by atoms with Crippen molar-refractivity contribution in [2.75, 3.05) is 11.9 Å². The van der Waals surface area contributed by atoms with Crippen LogP contribution in [0.15, 0.2) is 28.7 Å². The summed E-state index contributed by atoms with van der Waals surface area (Å²) in [5.41, 5.74) is 2.46. The van der Waals surface area contributed by atoms with Crippen molar-refractivity contribution in [3.63, 3.8) is 0 Å². The zero-order valence-electron chi connectivity index (χ0n) is 12.7. The van der Waals surface area contributed by atoms with Crippen LogP contribution in [0.4, 0.5) is 5.69 Å². The first-order valence-electron chi connectivity index (χ1n) is 7.47. The number of hydrogen-bond acceptors (Lipinski definition) is 3. The molecule has 6 nitrogen and oxygen atoms in total. The molecule has 3 rings (SSSR count). The van der Waals surface area contributed by atoms with E-state index < -0.39 is 5.91 Å². The molecule has 122 valence electrons. The quantitative estimate of drug-likeness (QED) is 0.689. The fourth-order valence-corrected chi connectivity index (χ4v) is 2.95. The van der Waals surface area contributed by atoms with Crippen LogP contribution in [0.2, 0.25) is 0 Å². The number of amides is 2. The molecule has 2 aromatic rings. The molecule has 1 aromatic carbocycles. The van der Waals surface area contributed by atoms with E-state index in [0.717, 1.165) is 18.5 Å². The van der Waals surface area contributed by atoms with Crippen molar-refractivity contribution in [2.45, 2.75) is 18.8 Å². The number of aromatic amines is 1. The number of carbonyl (C=O) groups is 2. The molecule has 0 aliphatic heterocycles. The maximum Gasteiger partial charge on any atom is 0.273 e. The summed E-state index contributed by atoms with van der Waals surface area (Å²) in [6, 6.07) is 6.94. The summed E-state index contributed by atoms with van der Waals surface area (Å²) < 4.78 is 0.671. The first-order chi connectivity index (χ1) is 11.6. The van der Waals surface area contributed by atoms with Gasteiger partial charge in [0.2, 0.25) is 5.91 Å². The lowest BCUT2D eigenvalue weighted by molar-refractivity contribution is -0.115. The number of nitrogens with one attached hydrogen (secondary N) is 3. The second kappa shape index (κ2) is 6.89. The number of hydrogen-bond donors (Lipinski definition) is 3. The summed E-state index contributed by atoms with van der Waals surface area (Å²) in [5, 5.41) is 12.1. The standard InChI is InChI=1S/C17H15BrN4O2/c1-2-10-4-3-5-12(8-10)20-13(23)9-19-17(24)16-14(18)15(21-22-16)11-6-7-11/h1,3-5,8,11H,6-7,9H2,(H,19,24)(H,20,23)(H,21,22). The van der Waals surface area contributed by atoms with Gasteiger partial charge in [0.15, 0.2) is 5.69 Å². The second-order valence-electron chi connectivity index (χ2n) is 5.53. The lowest BCUT2D eigenvalue weighted by atomic mass is 10.2. The SMILES string of the molecule is C#Cc1cccc(NC(=O)CNC(=O)c2n[nH]c(C3CC3)c2Br)c1. The number of aromatic nitrogens is 2. The van der Waals surface area contributed by atoms with Crippen LogP contribution in [0, 0.1) is 12.3 Å². The van der Waals surface area contributed by atoms with Crippen molar-refractivity contribution in [3.05, 3.63) is 45.7 Å². The molecule has 1 heterocycles. The summed E-state index contributed by atoms with van der Waals surface area (Å²) >= 11 is 3.40. The fraction of sp³-hybridized carbons (Fsp3) is 0.235. The van der Waals surface area contributed by atoms with Crippen LogP contribution < -0.4 is 10.6 Å². The Labute approximate surface area is 147 Å². The predicted molar refractivity (Wildman–Crippen MR) is 93.6 cm³/mol. The van der Waals surface area contributed by atoms with Gasteiger partial charge < -0.3 is 10.6 Å². The number of anilines is 1. The smallest absolute Gasteiger partial charge is 0.273 e. The molecule has 0 atom stereocenters. The molecular weight excluding hydrogens is 372 g/mol. The Balaban J connectivity index is 1.56. The zero-order chi connectivity index (χ0) is 17.1. The molecule has 0 radical (unpaired) electrons. The van der Waals surface area contributed by atoms with E-state index in [9.17, 15) is 9.59 Å². The summed E-state index contributed by atoms with van der Waals surface area (Å²) in [6.07, 6.45) is 7.52. The molecule has 24 heavy (non-hydrogen) atoms. The van der Waals surface area contributed by atoms with Crippen molar-refractivity contribution < 1.29 is 9.59 Å². The van der Waals surface area contributed by atoms with Crippen molar-refractivity contribution in [1.82, 2.24) is 15.5 Å². The van der Waals surface area contributed by atoms with Crippen LogP contribution in [0.1, 0.15) is 40.5 Å². The average molecular weight is 387 g/mol. The number of benzene rings is 1. The molecular formula is C17H15BrN4O2. The fourth-order valence-electron chi connectivity index (χ4n) is 2.27. The van der Waals surface area contributed by atoms with Gasteiger partial charge in [0, 0.05) is 17.2 Å². The van der Waals surface area contributed by atoms with Gasteiger partial charge in [0.05, 0.1) is 16.7 Å². The zero-order valence-corrected chi connectivity index (χ0v) is 14.3. The van der Waals surface area contributed by atoms with Gasteiger partial charge in [0.1, 0.15) is 0 Å². The van der Waals surface area contributed by atoms with E-state index in [1.54, 1.807) is 24.3 Å². The molecule has 7 heteroatoms. The molecule has 1 saturated carbocycles. The summed E-state index contributed by atoms with van der Waals surface area (Å²) in [6.45, 7) is -0.156. The van der Waals surface area contributed by atoms with Gasteiger partial charge in [-0.25, -0.2) is 0 Å². The lowest BCUT2D eigenvalue weighted by Gasteiger charge is -2.06. The first-order valence-corrected chi connectivity index (χ1v) is 8.26. The topological polar surface area (TPSA) is 86.9 Å². The van der Waals surface area contributed by atoms with Gasteiger partial charge in [-0.15, -0.1) is 6.42 Å². The largest absolute Gasteiger partial charge is 0.342 e. The van der Waals surface area contributed by atoms with E-state index in [4.69, 9.17) is 6.42 Å². The average Bonchev–Trinajstić information content (AvgIpc) is 3.35. The van der Waals surface area contributed by atoms with Crippen LogP contribution in [-0.4, -0.2) is 28.6 Å². The van der Waals surface area contributed by atoms with Gasteiger partial charge >= 0.3 is 0 Å². The molecule has 1 fully saturated rings. The number of carbonyl (C=O) groups excluding carboxylic acids is 2. The third-order valence-corrected chi connectivity index (χ3v) is 4.46. The summed E-state index contributed by atoms with van der Waals surface area (Å²) in [7, 11) is 0. The van der Waals surface area contributed by atoms with Crippen LogP contribution in [0.5, 0.6) is 0 Å². The van der Waals surface area contributed by atoms with E-state index in [1.165, 1.54) is 0 Å². The minimum Gasteiger partial charge on any atom is -0.342 e. The second-order valence-corrected chi connectivity index (χ2v) is 6.32. The maximum atomic E-state index is 12.1. The van der Waals surface area contributed by atoms with E-state index >= 15 is 0 Å². The number of halogens is 1. The van der Waals surface area contributed by atoms with Gasteiger partial charge in [-0.1, -0.05) is 12.0 Å². The Morgan fingerprint density at radius 3 is 2.92 bits per heavy atom. The predicted octanol–water partition coefficient (Wildman–Crippen LogP) is 2.40. The third-order valence-electron chi connectivity index (χ3n) is 3.66. The number of H-pyrrole nitrogens is 1. The Morgan fingerprint density at radius 2 is 2.21 bits per heavy atom. The van der Waals surface area contributed by atoms with Crippen LogP contribution in [0.3, 0.4) is 0 Å². The van der Waals surface area contributed by atoms with E-state index in [1.807, 2.05) is 0 Å². The Kier molecular flexibility index (Phi) is 4.67. The van der Waals surface area contributed by atoms with Crippen molar-refractivity contribution in [1.29, 1.82) is 0 Å². The molecule has 0 bridgehead atoms. The lowest BCUT2D eigenvalue weighted by Crippen LogP contribution is -2.33. The number of nitrogens with zero attached hydrogens (tertiary/aromatic N) is 1. The Bertz CT molecular complexity index is 833. The van der Waals surface area contributed by atoms with E-state index in [0.29, 0.717) is 21.6 Å². The van der Waals surface area contributed by atoms with Crippen molar-refractivity contribution >= 4 is 33.4 Å². The highest BCUT2D eigenvalue weighted by Crippen LogP contribution is 2.42. The summed E-state index contributed by atoms with van der Waals surface area (Å²) in [5.74, 6) is 2.20. The van der Waals surface area contributed by atoms with Crippen molar-refractivity contribution in [2.24, 2.45) is 0 Å². The maximum absolute atomic E-state index is 12.1. The van der Waals surface area contributed by atoms with Gasteiger partial charge in [-0.05, 0) is 47.0 Å². The van der Waals surface area contributed by atoms with E-state index in [2.05, 4.69) is 42.7 Å². The minimum absolute atomic E-state index is 0.156. The molecule has 0 unspecified atom stereocenters. The van der Waals surface area contributed by atoms with Gasteiger partial charge in [0.25, 0.3) is 5.91 Å². The molecule has 1 aliphatic rings.